The molecular formula is C13H17N3O2. The van der Waals surface area contributed by atoms with Gasteiger partial charge in [0.15, 0.2) is 0 Å². The van der Waals surface area contributed by atoms with Crippen molar-refractivity contribution < 1.29 is 9.84 Å². The molecule has 5 nitrogen and oxygen atoms in total. The average molecular weight is 247 g/mol. The maximum Gasteiger partial charge on any atom is 0.144 e. The first-order valence-electron chi connectivity index (χ1n) is 5.81. The summed E-state index contributed by atoms with van der Waals surface area (Å²) in [6.45, 7) is 2.49. The van der Waals surface area contributed by atoms with Gasteiger partial charge in [0.25, 0.3) is 0 Å². The van der Waals surface area contributed by atoms with Crippen LogP contribution in [0.25, 0.3) is 5.69 Å². The molecule has 0 bridgehead atoms. The van der Waals surface area contributed by atoms with E-state index in [0.717, 1.165) is 22.9 Å². The molecule has 0 fully saturated rings. The predicted molar refractivity (Wildman–Crippen MR) is 70.4 cm³/mol. The van der Waals surface area contributed by atoms with Gasteiger partial charge in [0, 0.05) is 12.6 Å². The molecule has 96 valence electrons. The van der Waals surface area contributed by atoms with Crippen LogP contribution in [-0.4, -0.2) is 35.1 Å². The summed E-state index contributed by atoms with van der Waals surface area (Å²) in [6, 6.07) is 9.61. The van der Waals surface area contributed by atoms with Crippen molar-refractivity contribution in [3.8, 4) is 11.4 Å². The van der Waals surface area contributed by atoms with Crippen molar-refractivity contribution in [2.45, 2.75) is 6.92 Å². The van der Waals surface area contributed by atoms with Crippen LogP contribution in [0.3, 0.4) is 0 Å². The quantitative estimate of drug-likeness (QED) is 0.842. The molecule has 0 atom stereocenters. The Morgan fingerprint density at radius 2 is 2.17 bits per heavy atom. The molecular weight excluding hydrogens is 230 g/mol. The van der Waals surface area contributed by atoms with E-state index in [1.165, 1.54) is 0 Å². The standard InChI is InChI=1S/C13H17N3O2/c1-10-9-13(14-7-8-17)16(15-10)11-5-3-4-6-12(11)18-2/h3-6,9,14,17H,7-8H2,1-2H3. The number of nitrogens with zero attached hydrogens (tertiary/aromatic N) is 2. The molecule has 1 aromatic heterocycles. The average Bonchev–Trinajstić information content (AvgIpc) is 2.77. The number of hydrogen-bond donors (Lipinski definition) is 2. The zero-order chi connectivity index (χ0) is 13.0. The summed E-state index contributed by atoms with van der Waals surface area (Å²) >= 11 is 0. The molecule has 0 aliphatic heterocycles. The van der Waals surface area contributed by atoms with Gasteiger partial charge in [-0.2, -0.15) is 5.10 Å². The molecule has 2 N–H and O–H groups in total. The summed E-state index contributed by atoms with van der Waals surface area (Å²) in [6.07, 6.45) is 0. The topological polar surface area (TPSA) is 59.3 Å². The van der Waals surface area contributed by atoms with Gasteiger partial charge in [-0.25, -0.2) is 4.68 Å². The molecule has 0 saturated heterocycles. The SMILES string of the molecule is COc1ccccc1-n1nc(C)cc1NCCO. The van der Waals surface area contributed by atoms with E-state index in [1.54, 1.807) is 11.8 Å². The van der Waals surface area contributed by atoms with Gasteiger partial charge in [-0.15, -0.1) is 0 Å². The molecule has 5 heteroatoms. The molecule has 0 aliphatic rings. The molecule has 0 saturated carbocycles. The van der Waals surface area contributed by atoms with Crippen LogP contribution in [0.1, 0.15) is 5.69 Å². The second kappa shape index (κ2) is 5.55. The number of nitrogens with one attached hydrogen (secondary N) is 1. The van der Waals surface area contributed by atoms with Gasteiger partial charge >= 0.3 is 0 Å². The van der Waals surface area contributed by atoms with Crippen molar-refractivity contribution in [2.24, 2.45) is 0 Å². The highest BCUT2D eigenvalue weighted by molar-refractivity contribution is 5.53. The van der Waals surface area contributed by atoms with Crippen molar-refractivity contribution in [3.63, 3.8) is 0 Å². The fourth-order valence-electron chi connectivity index (χ4n) is 1.80. The third-order valence-corrected chi connectivity index (χ3v) is 2.56. The molecule has 0 unspecified atom stereocenters. The summed E-state index contributed by atoms with van der Waals surface area (Å²) < 4.78 is 7.11. The van der Waals surface area contributed by atoms with E-state index < -0.39 is 0 Å². The van der Waals surface area contributed by atoms with E-state index in [1.807, 2.05) is 37.3 Å². The lowest BCUT2D eigenvalue weighted by Gasteiger charge is -2.12. The minimum Gasteiger partial charge on any atom is -0.494 e. The first kappa shape index (κ1) is 12.4. The number of aromatic nitrogens is 2. The fourth-order valence-corrected chi connectivity index (χ4v) is 1.80. The minimum atomic E-state index is 0.0795. The second-order valence-electron chi connectivity index (χ2n) is 3.90. The van der Waals surface area contributed by atoms with E-state index in [4.69, 9.17) is 9.84 Å². The lowest BCUT2D eigenvalue weighted by molar-refractivity contribution is 0.311. The summed E-state index contributed by atoms with van der Waals surface area (Å²) in [5, 5.41) is 16.4. The second-order valence-corrected chi connectivity index (χ2v) is 3.90. The summed E-state index contributed by atoms with van der Waals surface area (Å²) in [4.78, 5) is 0. The van der Waals surface area contributed by atoms with E-state index >= 15 is 0 Å². The van der Waals surface area contributed by atoms with Gasteiger partial charge in [-0.3, -0.25) is 0 Å². The van der Waals surface area contributed by atoms with Gasteiger partial charge in [0.05, 0.1) is 19.4 Å². The third kappa shape index (κ3) is 2.46. The Labute approximate surface area is 106 Å². The number of aliphatic hydroxyl groups excluding tert-OH is 1. The molecule has 1 aromatic carbocycles. The molecule has 0 aliphatic carbocycles. The van der Waals surface area contributed by atoms with Crippen molar-refractivity contribution >= 4 is 5.82 Å². The van der Waals surface area contributed by atoms with Crippen LogP contribution >= 0.6 is 0 Å². The highest BCUT2D eigenvalue weighted by atomic mass is 16.5. The highest BCUT2D eigenvalue weighted by Gasteiger charge is 2.10. The number of para-hydroxylation sites is 2. The maximum absolute atomic E-state index is 8.88. The highest BCUT2D eigenvalue weighted by Crippen LogP contribution is 2.25. The van der Waals surface area contributed by atoms with Crippen molar-refractivity contribution in [1.82, 2.24) is 9.78 Å². The van der Waals surface area contributed by atoms with Crippen LogP contribution in [0.4, 0.5) is 5.82 Å². The number of methoxy groups -OCH3 is 1. The summed E-state index contributed by atoms with van der Waals surface area (Å²) in [5.74, 6) is 1.60. The largest absolute Gasteiger partial charge is 0.494 e. The smallest absolute Gasteiger partial charge is 0.144 e. The number of aliphatic hydroxyl groups is 1. The van der Waals surface area contributed by atoms with Crippen LogP contribution < -0.4 is 10.1 Å². The molecule has 2 rings (SSSR count). The van der Waals surface area contributed by atoms with Crippen molar-refractivity contribution in [2.75, 3.05) is 25.6 Å². The molecule has 18 heavy (non-hydrogen) atoms. The fraction of sp³-hybridized carbons (Fsp3) is 0.308. The number of anilines is 1. The lowest BCUT2D eigenvalue weighted by atomic mass is 10.3. The first-order chi connectivity index (χ1) is 8.76. The zero-order valence-corrected chi connectivity index (χ0v) is 10.6. The van der Waals surface area contributed by atoms with Crippen LogP contribution in [-0.2, 0) is 0 Å². The molecule has 0 radical (unpaired) electrons. The van der Waals surface area contributed by atoms with Gasteiger partial charge in [0.2, 0.25) is 0 Å². The monoisotopic (exact) mass is 247 g/mol. The Balaban J connectivity index is 2.42. The minimum absolute atomic E-state index is 0.0795. The van der Waals surface area contributed by atoms with Gasteiger partial charge in [0.1, 0.15) is 17.3 Å². The normalized spacial score (nSPS) is 10.4. The Hall–Kier alpha value is -2.01. The molecule has 0 amide bonds. The van der Waals surface area contributed by atoms with Crippen LogP contribution in [0.15, 0.2) is 30.3 Å². The van der Waals surface area contributed by atoms with E-state index in [2.05, 4.69) is 10.4 Å². The number of aryl methyl sites for hydroxylation is 1. The Kier molecular flexibility index (Phi) is 3.84. The third-order valence-electron chi connectivity index (χ3n) is 2.56. The van der Waals surface area contributed by atoms with Gasteiger partial charge in [-0.05, 0) is 19.1 Å². The van der Waals surface area contributed by atoms with E-state index in [0.29, 0.717) is 6.54 Å². The van der Waals surface area contributed by atoms with Gasteiger partial charge in [-0.1, -0.05) is 12.1 Å². The predicted octanol–water partition coefficient (Wildman–Crippen LogP) is 1.59. The maximum atomic E-state index is 8.88. The van der Waals surface area contributed by atoms with Crippen molar-refractivity contribution in [1.29, 1.82) is 0 Å². The van der Waals surface area contributed by atoms with Crippen LogP contribution in [0.2, 0.25) is 0 Å². The Morgan fingerprint density at radius 1 is 1.39 bits per heavy atom. The summed E-state index contributed by atoms with van der Waals surface area (Å²) in [5.41, 5.74) is 1.77. The molecule has 0 spiro atoms. The van der Waals surface area contributed by atoms with Gasteiger partial charge < -0.3 is 15.2 Å². The Morgan fingerprint density at radius 3 is 2.89 bits per heavy atom. The zero-order valence-electron chi connectivity index (χ0n) is 10.6. The summed E-state index contributed by atoms with van der Waals surface area (Å²) in [7, 11) is 1.63. The lowest BCUT2D eigenvalue weighted by Crippen LogP contribution is -2.10. The number of hydrogen-bond acceptors (Lipinski definition) is 4. The van der Waals surface area contributed by atoms with Crippen LogP contribution in [0, 0.1) is 6.92 Å². The van der Waals surface area contributed by atoms with Crippen molar-refractivity contribution in [3.05, 3.63) is 36.0 Å². The van der Waals surface area contributed by atoms with E-state index in [9.17, 15) is 0 Å². The number of rotatable bonds is 5. The molecule has 2 aromatic rings. The number of ether oxygens (including phenoxy) is 1. The number of benzene rings is 1. The van der Waals surface area contributed by atoms with E-state index in [-0.39, 0.29) is 6.61 Å². The molecule has 1 heterocycles. The van der Waals surface area contributed by atoms with Crippen LogP contribution in [0.5, 0.6) is 5.75 Å². The first-order valence-corrected chi connectivity index (χ1v) is 5.81. The Bertz CT molecular complexity index is 523.